The van der Waals surface area contributed by atoms with E-state index in [2.05, 4.69) is 5.32 Å². The van der Waals surface area contributed by atoms with E-state index in [1.165, 1.54) is 23.1 Å². The largest absolute Gasteiger partial charge is 0.481 e. The molecule has 8 heteroatoms. The molecule has 0 aromatic heterocycles. The third-order valence-electron chi connectivity index (χ3n) is 5.35. The van der Waals surface area contributed by atoms with Gasteiger partial charge in [0.2, 0.25) is 5.91 Å². The molecule has 1 atom stereocenters. The number of hydrogen-bond donors (Lipinski definition) is 1. The number of halogens is 3. The molecule has 0 unspecified atom stereocenters. The number of para-hydroxylation sites is 1. The highest BCUT2D eigenvalue weighted by atomic mass is 35.5. The van der Waals surface area contributed by atoms with Crippen molar-refractivity contribution < 1.29 is 18.7 Å². The lowest BCUT2D eigenvalue weighted by molar-refractivity contribution is -0.143. The number of ether oxygens (including phenoxy) is 1. The normalized spacial score (nSPS) is 12.1. The molecule has 0 spiro atoms. The number of benzene rings is 3. The number of amides is 2. The van der Waals surface area contributed by atoms with Gasteiger partial charge in [0, 0.05) is 34.1 Å². The third kappa shape index (κ3) is 7.70. The molecule has 2 amide bonds. The van der Waals surface area contributed by atoms with Crippen LogP contribution in [0.3, 0.4) is 0 Å². The minimum Gasteiger partial charge on any atom is -0.481 e. The molecule has 3 rings (SSSR count). The summed E-state index contributed by atoms with van der Waals surface area (Å²) in [4.78, 5) is 28.5. The van der Waals surface area contributed by atoms with E-state index >= 15 is 0 Å². The lowest BCUT2D eigenvalue weighted by atomic mass is 10.0. The van der Waals surface area contributed by atoms with Gasteiger partial charge in [0.05, 0.1) is 0 Å². The summed E-state index contributed by atoms with van der Waals surface area (Å²) in [6.07, 6.45) is 0.246. The fourth-order valence-corrected chi connectivity index (χ4v) is 4.16. The van der Waals surface area contributed by atoms with Crippen LogP contribution in [0.5, 0.6) is 5.75 Å². The van der Waals surface area contributed by atoms with Crippen molar-refractivity contribution in [1.82, 2.24) is 10.2 Å². The SMILES string of the molecule is CC(C)(C)NC(=O)[C@@H](Cc1ccccc1)N(Cc1c(Cl)cccc1Cl)C(=O)COc1ccccc1F. The second-order valence-electron chi connectivity index (χ2n) is 9.39. The molecule has 0 fully saturated rings. The molecule has 0 aliphatic rings. The van der Waals surface area contributed by atoms with Gasteiger partial charge in [-0.1, -0.05) is 71.7 Å². The Bertz CT molecular complexity index is 1180. The van der Waals surface area contributed by atoms with Crippen LogP contribution in [0.25, 0.3) is 0 Å². The lowest BCUT2D eigenvalue weighted by Crippen LogP contribution is -2.55. The minimum atomic E-state index is -0.907. The van der Waals surface area contributed by atoms with E-state index in [0.29, 0.717) is 15.6 Å². The van der Waals surface area contributed by atoms with Gasteiger partial charge in [0.1, 0.15) is 6.04 Å². The van der Waals surface area contributed by atoms with Crippen molar-refractivity contribution >= 4 is 35.0 Å². The monoisotopic (exact) mass is 530 g/mol. The summed E-state index contributed by atoms with van der Waals surface area (Å²) in [5, 5.41) is 3.70. The molecule has 3 aromatic carbocycles. The Morgan fingerprint density at radius 3 is 2.17 bits per heavy atom. The quantitative estimate of drug-likeness (QED) is 0.365. The van der Waals surface area contributed by atoms with Gasteiger partial charge in [-0.2, -0.15) is 0 Å². The Labute approximate surface area is 221 Å². The van der Waals surface area contributed by atoms with Crippen molar-refractivity contribution in [2.45, 2.75) is 45.3 Å². The summed E-state index contributed by atoms with van der Waals surface area (Å²) in [5.41, 5.74) is 0.832. The lowest BCUT2D eigenvalue weighted by Gasteiger charge is -2.34. The van der Waals surface area contributed by atoms with E-state index < -0.39 is 29.9 Å². The molecule has 0 aliphatic carbocycles. The van der Waals surface area contributed by atoms with E-state index in [1.807, 2.05) is 51.1 Å². The number of carbonyl (C=O) groups excluding carboxylic acids is 2. The molecule has 5 nitrogen and oxygen atoms in total. The van der Waals surface area contributed by atoms with Crippen LogP contribution < -0.4 is 10.1 Å². The zero-order valence-corrected chi connectivity index (χ0v) is 21.9. The van der Waals surface area contributed by atoms with E-state index in [4.69, 9.17) is 27.9 Å². The van der Waals surface area contributed by atoms with Crippen LogP contribution in [0.1, 0.15) is 31.9 Å². The molecule has 0 saturated heterocycles. The van der Waals surface area contributed by atoms with Crippen molar-refractivity contribution in [3.8, 4) is 5.75 Å². The number of hydrogen-bond acceptors (Lipinski definition) is 3. The van der Waals surface area contributed by atoms with Crippen molar-refractivity contribution in [3.05, 3.63) is 99.8 Å². The maximum absolute atomic E-state index is 14.1. The van der Waals surface area contributed by atoms with Crippen LogP contribution in [-0.2, 0) is 22.6 Å². The molecule has 1 N–H and O–H groups in total. The predicted octanol–water partition coefficient (Wildman–Crippen LogP) is 6.07. The van der Waals surface area contributed by atoms with Crippen LogP contribution >= 0.6 is 23.2 Å². The average molecular weight is 531 g/mol. The van der Waals surface area contributed by atoms with Crippen molar-refractivity contribution in [2.24, 2.45) is 0 Å². The topological polar surface area (TPSA) is 58.6 Å². The van der Waals surface area contributed by atoms with Gasteiger partial charge in [-0.3, -0.25) is 9.59 Å². The fourth-order valence-electron chi connectivity index (χ4n) is 3.64. The van der Waals surface area contributed by atoms with Gasteiger partial charge in [-0.15, -0.1) is 0 Å². The highest BCUT2D eigenvalue weighted by Gasteiger charge is 2.33. The van der Waals surface area contributed by atoms with Gasteiger partial charge in [0.15, 0.2) is 18.2 Å². The standard InChI is InChI=1S/C28H29Cl2FN2O3/c1-28(2,3)32-27(35)24(16-19-10-5-4-6-11-19)33(17-20-21(29)12-9-13-22(20)30)26(34)18-36-25-15-8-7-14-23(25)31/h4-15,24H,16-18H2,1-3H3,(H,32,35)/t24-/m1/s1. The summed E-state index contributed by atoms with van der Waals surface area (Å²) in [6, 6.07) is 19.3. The third-order valence-corrected chi connectivity index (χ3v) is 6.06. The Morgan fingerprint density at radius 2 is 1.56 bits per heavy atom. The zero-order valence-electron chi connectivity index (χ0n) is 20.4. The molecular weight excluding hydrogens is 502 g/mol. The molecule has 3 aromatic rings. The highest BCUT2D eigenvalue weighted by molar-refractivity contribution is 6.36. The molecule has 0 bridgehead atoms. The summed E-state index contributed by atoms with van der Waals surface area (Å²) >= 11 is 12.8. The number of carbonyl (C=O) groups is 2. The molecule has 0 saturated carbocycles. The number of nitrogens with zero attached hydrogens (tertiary/aromatic N) is 1. The van der Waals surface area contributed by atoms with Crippen LogP contribution in [0, 0.1) is 5.82 Å². The first-order chi connectivity index (χ1) is 17.0. The molecule has 0 aliphatic heterocycles. The Balaban J connectivity index is 1.99. The van der Waals surface area contributed by atoms with E-state index in [1.54, 1.807) is 24.3 Å². The number of nitrogens with one attached hydrogen (secondary N) is 1. The van der Waals surface area contributed by atoms with Crippen LogP contribution in [0.2, 0.25) is 10.0 Å². The average Bonchev–Trinajstić information content (AvgIpc) is 2.82. The van der Waals surface area contributed by atoms with Crippen LogP contribution in [-0.4, -0.2) is 34.9 Å². The smallest absolute Gasteiger partial charge is 0.261 e. The number of rotatable bonds is 9. The molecule has 36 heavy (non-hydrogen) atoms. The predicted molar refractivity (Wildman–Crippen MR) is 141 cm³/mol. The molecule has 190 valence electrons. The van der Waals surface area contributed by atoms with E-state index in [9.17, 15) is 14.0 Å². The van der Waals surface area contributed by atoms with Gasteiger partial charge in [-0.05, 0) is 50.6 Å². The van der Waals surface area contributed by atoms with Gasteiger partial charge in [-0.25, -0.2) is 4.39 Å². The Kier molecular flexibility index (Phi) is 9.35. The molecule has 0 heterocycles. The molecule has 0 radical (unpaired) electrons. The summed E-state index contributed by atoms with van der Waals surface area (Å²) in [7, 11) is 0. The Hall–Kier alpha value is -3.09. The maximum atomic E-state index is 14.1. The second-order valence-corrected chi connectivity index (χ2v) is 10.2. The first-order valence-corrected chi connectivity index (χ1v) is 12.3. The van der Waals surface area contributed by atoms with Crippen LogP contribution in [0.15, 0.2) is 72.8 Å². The first kappa shape index (κ1) is 27.5. The van der Waals surface area contributed by atoms with Gasteiger partial charge in [0.25, 0.3) is 5.91 Å². The summed E-state index contributed by atoms with van der Waals surface area (Å²) in [6.45, 7) is 5.08. The summed E-state index contributed by atoms with van der Waals surface area (Å²) < 4.78 is 19.6. The first-order valence-electron chi connectivity index (χ1n) is 11.5. The van der Waals surface area contributed by atoms with Gasteiger partial charge < -0.3 is 15.0 Å². The van der Waals surface area contributed by atoms with Gasteiger partial charge >= 0.3 is 0 Å². The van der Waals surface area contributed by atoms with E-state index in [0.717, 1.165) is 5.56 Å². The minimum absolute atomic E-state index is 0.0347. The van der Waals surface area contributed by atoms with Crippen molar-refractivity contribution in [3.63, 3.8) is 0 Å². The van der Waals surface area contributed by atoms with Crippen LogP contribution in [0.4, 0.5) is 4.39 Å². The fraction of sp³-hybridized carbons (Fsp3) is 0.286. The molecular formula is C28H29Cl2FN2O3. The zero-order chi connectivity index (χ0) is 26.3. The van der Waals surface area contributed by atoms with E-state index in [-0.39, 0.29) is 24.6 Å². The van der Waals surface area contributed by atoms with Crippen molar-refractivity contribution in [2.75, 3.05) is 6.61 Å². The highest BCUT2D eigenvalue weighted by Crippen LogP contribution is 2.27. The second kappa shape index (κ2) is 12.2. The summed E-state index contributed by atoms with van der Waals surface area (Å²) in [5.74, 6) is -1.49. The maximum Gasteiger partial charge on any atom is 0.261 e. The van der Waals surface area contributed by atoms with Crippen molar-refractivity contribution in [1.29, 1.82) is 0 Å². The Morgan fingerprint density at radius 1 is 0.944 bits per heavy atom.